The molecule has 2 N–H and O–H groups in total. The van der Waals surface area contributed by atoms with Crippen LogP contribution in [0.15, 0.2) is 18.2 Å². The molecular formula is C15H22ClN2O+. The highest BCUT2D eigenvalue weighted by Crippen LogP contribution is 2.19. The fraction of sp³-hybridized carbons (Fsp3) is 0.533. The molecule has 0 spiro atoms. The van der Waals surface area contributed by atoms with E-state index in [9.17, 15) is 4.79 Å². The first-order valence-electron chi connectivity index (χ1n) is 6.97. The summed E-state index contributed by atoms with van der Waals surface area (Å²) in [4.78, 5) is 13.5. The van der Waals surface area contributed by atoms with Crippen LogP contribution < -0.4 is 10.2 Å². The van der Waals surface area contributed by atoms with E-state index in [0.29, 0.717) is 17.6 Å². The summed E-state index contributed by atoms with van der Waals surface area (Å²) < 4.78 is 0. The summed E-state index contributed by atoms with van der Waals surface area (Å²) in [6.45, 7) is 5.85. The van der Waals surface area contributed by atoms with E-state index in [0.717, 1.165) is 17.8 Å². The summed E-state index contributed by atoms with van der Waals surface area (Å²) in [6, 6.07) is 6.13. The van der Waals surface area contributed by atoms with Crippen LogP contribution in [-0.4, -0.2) is 25.0 Å². The zero-order valence-electron chi connectivity index (χ0n) is 11.6. The molecular weight excluding hydrogens is 260 g/mol. The number of hydrogen-bond donors (Lipinski definition) is 2. The minimum absolute atomic E-state index is 0.0918. The van der Waals surface area contributed by atoms with E-state index >= 15 is 0 Å². The van der Waals surface area contributed by atoms with Crippen molar-refractivity contribution in [1.82, 2.24) is 0 Å². The predicted octanol–water partition coefficient (Wildman–Crippen LogP) is 2.04. The number of piperidine rings is 1. The molecule has 1 aromatic rings. The molecule has 1 fully saturated rings. The highest BCUT2D eigenvalue weighted by Gasteiger charge is 2.24. The normalized spacial score (nSPS) is 23.1. The van der Waals surface area contributed by atoms with E-state index in [-0.39, 0.29) is 5.91 Å². The average Bonchev–Trinajstić information content (AvgIpc) is 2.36. The van der Waals surface area contributed by atoms with Crippen molar-refractivity contribution < 1.29 is 9.69 Å². The molecule has 1 saturated heterocycles. The highest BCUT2D eigenvalue weighted by atomic mass is 35.5. The van der Waals surface area contributed by atoms with Gasteiger partial charge in [0, 0.05) is 10.7 Å². The number of anilines is 1. The molecule has 1 aromatic carbocycles. The summed E-state index contributed by atoms with van der Waals surface area (Å²) in [5.41, 5.74) is 1.86. The fourth-order valence-electron chi connectivity index (χ4n) is 2.68. The van der Waals surface area contributed by atoms with Gasteiger partial charge in [0.15, 0.2) is 6.54 Å². The molecule has 3 nitrogen and oxygen atoms in total. The van der Waals surface area contributed by atoms with Crippen molar-refractivity contribution in [3.8, 4) is 0 Å². The van der Waals surface area contributed by atoms with Crippen molar-refractivity contribution in [2.45, 2.75) is 39.2 Å². The Morgan fingerprint density at radius 2 is 2.26 bits per heavy atom. The number of aryl methyl sites for hydroxylation is 1. The van der Waals surface area contributed by atoms with E-state index in [1.165, 1.54) is 24.2 Å². The van der Waals surface area contributed by atoms with Gasteiger partial charge in [0.25, 0.3) is 5.91 Å². The third-order valence-corrected chi connectivity index (χ3v) is 4.17. The van der Waals surface area contributed by atoms with Gasteiger partial charge in [-0.15, -0.1) is 0 Å². The number of amides is 1. The number of hydrogen-bond acceptors (Lipinski definition) is 1. The van der Waals surface area contributed by atoms with Gasteiger partial charge in [-0.25, -0.2) is 0 Å². The second kappa shape index (κ2) is 6.40. The Morgan fingerprint density at radius 3 is 2.95 bits per heavy atom. The van der Waals surface area contributed by atoms with Gasteiger partial charge in [0.05, 0.1) is 12.6 Å². The topological polar surface area (TPSA) is 33.5 Å². The zero-order valence-corrected chi connectivity index (χ0v) is 12.4. The third-order valence-electron chi connectivity index (χ3n) is 3.93. The lowest BCUT2D eigenvalue weighted by atomic mass is 10.0. The number of carbonyl (C=O) groups is 1. The van der Waals surface area contributed by atoms with E-state index in [4.69, 9.17) is 11.6 Å². The molecule has 2 atom stereocenters. The molecule has 0 bridgehead atoms. The van der Waals surface area contributed by atoms with Crippen LogP contribution in [0, 0.1) is 6.92 Å². The molecule has 0 aliphatic carbocycles. The molecule has 1 heterocycles. The molecule has 2 rings (SSSR count). The fourth-order valence-corrected chi connectivity index (χ4v) is 2.91. The van der Waals surface area contributed by atoms with Crippen LogP contribution in [0.5, 0.6) is 0 Å². The molecule has 1 aliphatic rings. The lowest BCUT2D eigenvalue weighted by Gasteiger charge is -2.29. The number of nitrogens with one attached hydrogen (secondary N) is 2. The number of benzene rings is 1. The number of carbonyl (C=O) groups excluding carboxylic acids is 1. The number of likely N-dealkylation sites (tertiary alicyclic amines) is 1. The summed E-state index contributed by atoms with van der Waals surface area (Å²) in [5, 5.41) is 3.69. The van der Waals surface area contributed by atoms with Gasteiger partial charge in [-0.1, -0.05) is 11.6 Å². The van der Waals surface area contributed by atoms with Crippen molar-refractivity contribution in [2.75, 3.05) is 18.4 Å². The van der Waals surface area contributed by atoms with Crippen molar-refractivity contribution >= 4 is 23.2 Å². The maximum Gasteiger partial charge on any atom is 0.279 e. The number of quaternary nitrogens is 1. The molecule has 0 radical (unpaired) electrons. The first-order valence-corrected chi connectivity index (χ1v) is 7.34. The second-order valence-corrected chi connectivity index (χ2v) is 5.93. The standard InChI is InChI=1S/C15H21ClN2O/c1-11-9-13(16)6-7-14(11)17-15(19)10-18-8-4-3-5-12(18)2/h6-7,9,12H,3-5,8,10H2,1-2H3,(H,17,19)/p+1/t12-/m1/s1. The molecule has 0 aromatic heterocycles. The number of rotatable bonds is 3. The van der Waals surface area contributed by atoms with Crippen molar-refractivity contribution in [3.05, 3.63) is 28.8 Å². The Kier molecular flexibility index (Phi) is 4.83. The lowest BCUT2D eigenvalue weighted by molar-refractivity contribution is -0.920. The second-order valence-electron chi connectivity index (χ2n) is 5.49. The predicted molar refractivity (Wildman–Crippen MR) is 78.8 cm³/mol. The van der Waals surface area contributed by atoms with Crippen LogP contribution in [0.4, 0.5) is 5.69 Å². The van der Waals surface area contributed by atoms with Crippen LogP contribution >= 0.6 is 11.6 Å². The average molecular weight is 282 g/mol. The Balaban J connectivity index is 1.93. The van der Waals surface area contributed by atoms with Crippen molar-refractivity contribution in [1.29, 1.82) is 0 Å². The smallest absolute Gasteiger partial charge is 0.279 e. The minimum Gasteiger partial charge on any atom is -0.325 e. The molecule has 104 valence electrons. The molecule has 1 amide bonds. The molecule has 0 saturated carbocycles. The van der Waals surface area contributed by atoms with Gasteiger partial charge in [0.2, 0.25) is 0 Å². The SMILES string of the molecule is Cc1cc(Cl)ccc1NC(=O)C[NH+]1CCCC[C@H]1C. The lowest BCUT2D eigenvalue weighted by Crippen LogP contribution is -3.17. The number of halogens is 1. The Hall–Kier alpha value is -1.06. The summed E-state index contributed by atoms with van der Waals surface area (Å²) >= 11 is 5.91. The van der Waals surface area contributed by atoms with Crippen molar-refractivity contribution in [3.63, 3.8) is 0 Å². The monoisotopic (exact) mass is 281 g/mol. The summed E-state index contributed by atoms with van der Waals surface area (Å²) in [6.07, 6.45) is 3.75. The van der Waals surface area contributed by atoms with E-state index in [1.54, 1.807) is 6.07 Å². The van der Waals surface area contributed by atoms with Crippen LogP contribution in [0.1, 0.15) is 31.7 Å². The third kappa shape index (κ3) is 3.95. The quantitative estimate of drug-likeness (QED) is 0.873. The van der Waals surface area contributed by atoms with E-state index in [2.05, 4.69) is 12.2 Å². The van der Waals surface area contributed by atoms with Gasteiger partial charge in [-0.2, -0.15) is 0 Å². The van der Waals surface area contributed by atoms with Gasteiger partial charge < -0.3 is 10.2 Å². The minimum atomic E-state index is 0.0918. The van der Waals surface area contributed by atoms with Crippen LogP contribution in [0.3, 0.4) is 0 Å². The van der Waals surface area contributed by atoms with Gasteiger partial charge in [-0.05, 0) is 56.9 Å². The van der Waals surface area contributed by atoms with Crippen LogP contribution in [0.2, 0.25) is 5.02 Å². The molecule has 19 heavy (non-hydrogen) atoms. The molecule has 1 unspecified atom stereocenters. The van der Waals surface area contributed by atoms with Crippen molar-refractivity contribution in [2.24, 2.45) is 0 Å². The zero-order chi connectivity index (χ0) is 13.8. The summed E-state index contributed by atoms with van der Waals surface area (Å²) in [7, 11) is 0. The Labute approximate surface area is 119 Å². The van der Waals surface area contributed by atoms with Gasteiger partial charge >= 0.3 is 0 Å². The Morgan fingerprint density at radius 1 is 1.47 bits per heavy atom. The van der Waals surface area contributed by atoms with Crippen LogP contribution in [0.25, 0.3) is 0 Å². The maximum absolute atomic E-state index is 12.1. The summed E-state index contributed by atoms with van der Waals surface area (Å²) in [5.74, 6) is 0.0918. The first kappa shape index (κ1) is 14.4. The maximum atomic E-state index is 12.1. The largest absolute Gasteiger partial charge is 0.325 e. The van der Waals surface area contributed by atoms with E-state index in [1.807, 2.05) is 19.1 Å². The van der Waals surface area contributed by atoms with Gasteiger partial charge in [0.1, 0.15) is 0 Å². The van der Waals surface area contributed by atoms with E-state index < -0.39 is 0 Å². The van der Waals surface area contributed by atoms with Crippen LogP contribution in [-0.2, 0) is 4.79 Å². The molecule has 1 aliphatic heterocycles. The first-order chi connectivity index (χ1) is 9.06. The Bertz CT molecular complexity index is 461. The highest BCUT2D eigenvalue weighted by molar-refractivity contribution is 6.30. The van der Waals surface area contributed by atoms with Gasteiger partial charge in [-0.3, -0.25) is 4.79 Å². The molecule has 4 heteroatoms.